The smallest absolute Gasteiger partial charge is 0.306 e. The van der Waals surface area contributed by atoms with E-state index in [1.165, 1.54) is 11.3 Å². The first-order chi connectivity index (χ1) is 12.6. The molecular weight excluding hydrogens is 356 g/mol. The highest BCUT2D eigenvalue weighted by atomic mass is 32.1. The summed E-state index contributed by atoms with van der Waals surface area (Å²) < 4.78 is 10.8. The zero-order valence-electron chi connectivity index (χ0n) is 14.4. The summed E-state index contributed by atoms with van der Waals surface area (Å²) in [6.07, 6.45) is -0.590. The lowest BCUT2D eigenvalue weighted by molar-refractivity contribution is -0.141. The number of benzene rings is 1. The average molecular weight is 376 g/mol. The molecule has 1 unspecified atom stereocenters. The van der Waals surface area contributed by atoms with Crippen molar-refractivity contribution >= 4 is 23.2 Å². The fraction of sp³-hybridized carbons (Fsp3) is 0.389. The summed E-state index contributed by atoms with van der Waals surface area (Å²) >= 11 is 1.40. The molecule has 1 aromatic carbocycles. The lowest BCUT2D eigenvalue weighted by Gasteiger charge is -2.31. The van der Waals surface area contributed by atoms with Crippen LogP contribution in [0.25, 0.3) is 10.6 Å². The number of carboxylic acid groups (broad SMARTS) is 1. The molecule has 1 amide bonds. The fourth-order valence-corrected chi connectivity index (χ4v) is 3.55. The summed E-state index contributed by atoms with van der Waals surface area (Å²) in [7, 11) is 0. The van der Waals surface area contributed by atoms with E-state index in [0.29, 0.717) is 25.5 Å². The molecule has 26 heavy (non-hydrogen) atoms. The normalized spacial score (nSPS) is 17.1. The highest BCUT2D eigenvalue weighted by Crippen LogP contribution is 2.26. The number of rotatable bonds is 6. The number of hydrogen-bond acceptors (Lipinski definition) is 6. The molecule has 1 N–H and O–H groups in total. The van der Waals surface area contributed by atoms with E-state index < -0.39 is 12.1 Å². The molecule has 138 valence electrons. The van der Waals surface area contributed by atoms with Crippen molar-refractivity contribution in [2.24, 2.45) is 0 Å². The molecule has 1 atom stereocenters. The Morgan fingerprint density at radius 3 is 2.85 bits per heavy atom. The maximum absolute atomic E-state index is 12.7. The zero-order chi connectivity index (χ0) is 18.5. The van der Waals surface area contributed by atoms with Crippen LogP contribution < -0.4 is 4.74 Å². The molecule has 1 aromatic heterocycles. The van der Waals surface area contributed by atoms with Crippen LogP contribution in [0.1, 0.15) is 23.8 Å². The van der Waals surface area contributed by atoms with Crippen LogP contribution in [-0.2, 0) is 9.53 Å². The molecule has 2 heterocycles. The lowest BCUT2D eigenvalue weighted by atomic mass is 10.2. The third-order valence-electron chi connectivity index (χ3n) is 3.96. The largest absolute Gasteiger partial charge is 0.494 e. The van der Waals surface area contributed by atoms with Crippen LogP contribution in [0.4, 0.5) is 0 Å². The van der Waals surface area contributed by atoms with Gasteiger partial charge in [-0.25, -0.2) is 4.98 Å². The Morgan fingerprint density at radius 2 is 2.15 bits per heavy atom. The number of amides is 1. The number of hydrogen-bond donors (Lipinski definition) is 1. The molecule has 3 rings (SSSR count). The zero-order valence-corrected chi connectivity index (χ0v) is 15.2. The second kappa shape index (κ2) is 8.29. The summed E-state index contributed by atoms with van der Waals surface area (Å²) in [6, 6.07) is 7.58. The molecule has 0 aliphatic carbocycles. The van der Waals surface area contributed by atoms with Gasteiger partial charge < -0.3 is 19.5 Å². The van der Waals surface area contributed by atoms with Crippen LogP contribution in [0.3, 0.4) is 0 Å². The van der Waals surface area contributed by atoms with E-state index in [2.05, 4.69) is 4.98 Å². The number of carboxylic acids is 1. The van der Waals surface area contributed by atoms with Crippen molar-refractivity contribution in [2.45, 2.75) is 19.4 Å². The maximum Gasteiger partial charge on any atom is 0.306 e. The van der Waals surface area contributed by atoms with E-state index in [0.717, 1.165) is 16.3 Å². The van der Waals surface area contributed by atoms with Crippen molar-refractivity contribution in [3.8, 4) is 16.3 Å². The molecule has 0 bridgehead atoms. The van der Waals surface area contributed by atoms with E-state index in [9.17, 15) is 9.59 Å². The number of nitrogens with zero attached hydrogens (tertiary/aromatic N) is 2. The Labute approximate surface area is 155 Å². The van der Waals surface area contributed by atoms with Crippen molar-refractivity contribution < 1.29 is 24.2 Å². The lowest BCUT2D eigenvalue weighted by Crippen LogP contribution is -2.46. The average Bonchev–Trinajstić information content (AvgIpc) is 3.12. The highest BCUT2D eigenvalue weighted by Gasteiger charge is 2.27. The standard InChI is InChI=1S/C18H20N2O5S/c1-2-24-13-5-3-12(4-6-13)17-19-15(11-26-17)18(23)20-7-8-25-14(10-20)9-16(21)22/h3-6,11,14H,2,7-10H2,1H3,(H,21,22). The third kappa shape index (κ3) is 4.39. The van der Waals surface area contributed by atoms with Gasteiger partial charge in [0, 0.05) is 24.0 Å². The van der Waals surface area contributed by atoms with Gasteiger partial charge in [-0.15, -0.1) is 11.3 Å². The molecule has 7 nitrogen and oxygen atoms in total. The van der Waals surface area contributed by atoms with Gasteiger partial charge in [-0.2, -0.15) is 0 Å². The van der Waals surface area contributed by atoms with Crippen LogP contribution in [0.5, 0.6) is 5.75 Å². The van der Waals surface area contributed by atoms with Crippen molar-refractivity contribution in [3.63, 3.8) is 0 Å². The Hall–Kier alpha value is -2.45. The molecule has 1 aliphatic heterocycles. The minimum Gasteiger partial charge on any atom is -0.494 e. The SMILES string of the molecule is CCOc1ccc(-c2nc(C(=O)N3CCOC(CC(=O)O)C3)cs2)cc1. The Kier molecular flexibility index (Phi) is 5.85. The van der Waals surface area contributed by atoms with E-state index >= 15 is 0 Å². The third-order valence-corrected chi connectivity index (χ3v) is 4.86. The summed E-state index contributed by atoms with van der Waals surface area (Å²) in [5.41, 5.74) is 1.29. The van der Waals surface area contributed by atoms with E-state index in [1.807, 2.05) is 31.2 Å². The summed E-state index contributed by atoms with van der Waals surface area (Å²) in [4.78, 5) is 29.6. The maximum atomic E-state index is 12.7. The van der Waals surface area contributed by atoms with Crippen molar-refractivity contribution in [1.29, 1.82) is 0 Å². The number of carbonyl (C=O) groups excluding carboxylic acids is 1. The molecule has 8 heteroatoms. The van der Waals surface area contributed by atoms with E-state index in [4.69, 9.17) is 14.6 Å². The van der Waals surface area contributed by atoms with Gasteiger partial charge in [0.1, 0.15) is 16.5 Å². The van der Waals surface area contributed by atoms with Gasteiger partial charge in [-0.3, -0.25) is 9.59 Å². The molecule has 0 saturated carbocycles. The number of morpholine rings is 1. The molecule has 1 saturated heterocycles. The van der Waals surface area contributed by atoms with Crippen molar-refractivity contribution in [2.75, 3.05) is 26.3 Å². The number of ether oxygens (including phenoxy) is 2. The van der Waals surface area contributed by atoms with Crippen molar-refractivity contribution in [3.05, 3.63) is 35.3 Å². The monoisotopic (exact) mass is 376 g/mol. The highest BCUT2D eigenvalue weighted by molar-refractivity contribution is 7.13. The van der Waals surface area contributed by atoms with Gasteiger partial charge in [0.25, 0.3) is 5.91 Å². The van der Waals surface area contributed by atoms with Crippen LogP contribution in [-0.4, -0.2) is 59.3 Å². The van der Waals surface area contributed by atoms with E-state index in [1.54, 1.807) is 10.3 Å². The first-order valence-electron chi connectivity index (χ1n) is 8.38. The summed E-state index contributed by atoms with van der Waals surface area (Å²) in [5.74, 6) is -0.338. The first-order valence-corrected chi connectivity index (χ1v) is 9.26. The molecule has 1 aliphatic rings. The van der Waals surface area contributed by atoms with Crippen LogP contribution in [0.15, 0.2) is 29.6 Å². The second-order valence-corrected chi connectivity index (χ2v) is 6.70. The summed E-state index contributed by atoms with van der Waals surface area (Å²) in [6.45, 7) is 3.57. The van der Waals surface area contributed by atoms with Gasteiger partial charge in [0.05, 0.1) is 25.7 Å². The second-order valence-electron chi connectivity index (χ2n) is 5.84. The fourth-order valence-electron chi connectivity index (χ4n) is 2.75. The predicted octanol–water partition coefficient (Wildman–Crippen LogP) is 2.52. The minimum absolute atomic E-state index is 0.113. The van der Waals surface area contributed by atoms with Crippen LogP contribution in [0.2, 0.25) is 0 Å². The Bertz CT molecular complexity index is 774. The number of aromatic nitrogens is 1. The van der Waals surface area contributed by atoms with Gasteiger partial charge in [-0.05, 0) is 31.2 Å². The number of aliphatic carboxylic acids is 1. The summed E-state index contributed by atoms with van der Waals surface area (Å²) in [5, 5.41) is 11.4. The molecular formula is C18H20N2O5S. The minimum atomic E-state index is -0.934. The molecule has 0 radical (unpaired) electrons. The van der Waals surface area contributed by atoms with Gasteiger partial charge in [-0.1, -0.05) is 0 Å². The molecule has 0 spiro atoms. The topological polar surface area (TPSA) is 89.0 Å². The van der Waals surface area contributed by atoms with Gasteiger partial charge in [0.15, 0.2) is 0 Å². The number of carbonyl (C=O) groups is 2. The van der Waals surface area contributed by atoms with Crippen LogP contribution >= 0.6 is 11.3 Å². The Morgan fingerprint density at radius 1 is 1.38 bits per heavy atom. The molecule has 1 fully saturated rings. The van der Waals surface area contributed by atoms with Crippen molar-refractivity contribution in [1.82, 2.24) is 9.88 Å². The van der Waals surface area contributed by atoms with Crippen LogP contribution in [0, 0.1) is 0 Å². The van der Waals surface area contributed by atoms with Gasteiger partial charge >= 0.3 is 5.97 Å². The Balaban J connectivity index is 1.68. The predicted molar refractivity (Wildman–Crippen MR) is 96.6 cm³/mol. The number of thiazole rings is 1. The van der Waals surface area contributed by atoms with Gasteiger partial charge in [0.2, 0.25) is 0 Å². The molecule has 2 aromatic rings. The first kappa shape index (κ1) is 18.3. The quantitative estimate of drug-likeness (QED) is 0.833. The van der Waals surface area contributed by atoms with E-state index in [-0.39, 0.29) is 18.9 Å².